The predicted octanol–water partition coefficient (Wildman–Crippen LogP) is 1.35. The third-order valence-corrected chi connectivity index (χ3v) is 2.54. The minimum Gasteiger partial charge on any atom is -0.497 e. The molecule has 0 aromatic heterocycles. The molecule has 15 heavy (non-hydrogen) atoms. The predicted molar refractivity (Wildman–Crippen MR) is 63.9 cm³/mol. The van der Waals surface area contributed by atoms with Crippen molar-refractivity contribution in [3.05, 3.63) is 29.8 Å². The molecule has 0 radical (unpaired) electrons. The third-order valence-electron chi connectivity index (χ3n) is 2.54. The molecule has 2 N–H and O–H groups in total. The molecule has 0 amide bonds. The van der Waals surface area contributed by atoms with Crippen molar-refractivity contribution in [2.45, 2.75) is 6.04 Å². The van der Waals surface area contributed by atoms with E-state index in [2.05, 4.69) is 22.8 Å². The van der Waals surface area contributed by atoms with E-state index in [-0.39, 0.29) is 12.4 Å². The molecule has 0 unspecified atom stereocenters. The summed E-state index contributed by atoms with van der Waals surface area (Å²) in [4.78, 5) is 0. The van der Waals surface area contributed by atoms with Crippen LogP contribution < -0.4 is 15.4 Å². The van der Waals surface area contributed by atoms with E-state index in [4.69, 9.17) is 4.74 Å². The van der Waals surface area contributed by atoms with Crippen LogP contribution in [0.1, 0.15) is 11.6 Å². The number of piperazine rings is 1. The van der Waals surface area contributed by atoms with E-state index in [1.165, 1.54) is 5.56 Å². The highest BCUT2D eigenvalue weighted by Crippen LogP contribution is 2.19. The zero-order valence-electron chi connectivity index (χ0n) is 8.82. The average molecular weight is 229 g/mol. The van der Waals surface area contributed by atoms with Crippen molar-refractivity contribution < 1.29 is 4.74 Å². The highest BCUT2D eigenvalue weighted by Gasteiger charge is 2.13. The maximum atomic E-state index is 5.20. The Hall–Kier alpha value is -0.770. The van der Waals surface area contributed by atoms with E-state index < -0.39 is 0 Å². The molecule has 1 atom stereocenters. The quantitative estimate of drug-likeness (QED) is 0.802. The first-order chi connectivity index (χ1) is 6.90. The van der Waals surface area contributed by atoms with Crippen LogP contribution in [0.2, 0.25) is 0 Å². The summed E-state index contributed by atoms with van der Waals surface area (Å²) >= 11 is 0. The van der Waals surface area contributed by atoms with Crippen LogP contribution in [0, 0.1) is 0 Å². The Bertz CT molecular complexity index is 300. The standard InChI is InChI=1S/C11H16N2O.ClH/c1-14-10-4-2-3-9(7-10)11-8-12-5-6-13-11;/h2-4,7,11-13H,5-6,8H2,1H3;1H/t11-;/m1./s1. The summed E-state index contributed by atoms with van der Waals surface area (Å²) in [6.45, 7) is 3.08. The van der Waals surface area contributed by atoms with E-state index in [0.29, 0.717) is 6.04 Å². The minimum absolute atomic E-state index is 0. The maximum Gasteiger partial charge on any atom is 0.119 e. The van der Waals surface area contributed by atoms with E-state index in [9.17, 15) is 0 Å². The largest absolute Gasteiger partial charge is 0.497 e. The summed E-state index contributed by atoms with van der Waals surface area (Å²) in [6.07, 6.45) is 0. The fourth-order valence-corrected chi connectivity index (χ4v) is 1.75. The first-order valence-electron chi connectivity index (χ1n) is 4.98. The molecule has 1 heterocycles. The fraction of sp³-hybridized carbons (Fsp3) is 0.455. The van der Waals surface area contributed by atoms with E-state index >= 15 is 0 Å². The van der Waals surface area contributed by atoms with Gasteiger partial charge in [0, 0.05) is 25.7 Å². The lowest BCUT2D eigenvalue weighted by atomic mass is 10.1. The van der Waals surface area contributed by atoms with Crippen molar-refractivity contribution in [2.75, 3.05) is 26.7 Å². The zero-order valence-corrected chi connectivity index (χ0v) is 9.64. The first kappa shape index (κ1) is 12.3. The van der Waals surface area contributed by atoms with Crippen LogP contribution in [0.5, 0.6) is 5.75 Å². The van der Waals surface area contributed by atoms with Crippen molar-refractivity contribution in [2.24, 2.45) is 0 Å². The van der Waals surface area contributed by atoms with Crippen molar-refractivity contribution in [3.63, 3.8) is 0 Å². The number of hydrogen-bond donors (Lipinski definition) is 2. The van der Waals surface area contributed by atoms with Crippen LogP contribution in [0.4, 0.5) is 0 Å². The highest BCUT2D eigenvalue weighted by atomic mass is 35.5. The first-order valence-corrected chi connectivity index (χ1v) is 4.98. The average Bonchev–Trinajstić information content (AvgIpc) is 2.30. The number of ether oxygens (including phenoxy) is 1. The molecule has 1 aliphatic heterocycles. The maximum absolute atomic E-state index is 5.20. The van der Waals surface area contributed by atoms with Gasteiger partial charge in [0.25, 0.3) is 0 Å². The Morgan fingerprint density at radius 2 is 2.20 bits per heavy atom. The second-order valence-electron chi connectivity index (χ2n) is 3.49. The lowest BCUT2D eigenvalue weighted by molar-refractivity contribution is 0.407. The molecule has 1 aromatic carbocycles. The second-order valence-corrected chi connectivity index (χ2v) is 3.49. The highest BCUT2D eigenvalue weighted by molar-refractivity contribution is 5.85. The SMILES string of the molecule is COc1cccc([C@H]2CNCCN2)c1.Cl. The molecule has 0 spiro atoms. The molecular weight excluding hydrogens is 212 g/mol. The third kappa shape index (κ3) is 3.09. The Morgan fingerprint density at radius 3 is 2.87 bits per heavy atom. The van der Waals surface area contributed by atoms with Crippen molar-refractivity contribution in [3.8, 4) is 5.75 Å². The van der Waals surface area contributed by atoms with Crippen molar-refractivity contribution >= 4 is 12.4 Å². The monoisotopic (exact) mass is 228 g/mol. The van der Waals surface area contributed by atoms with Gasteiger partial charge in [0.15, 0.2) is 0 Å². The summed E-state index contributed by atoms with van der Waals surface area (Å²) in [5.41, 5.74) is 1.29. The summed E-state index contributed by atoms with van der Waals surface area (Å²) < 4.78 is 5.20. The molecule has 4 heteroatoms. The van der Waals surface area contributed by atoms with Crippen LogP contribution in [0.25, 0.3) is 0 Å². The number of benzene rings is 1. The van der Waals surface area contributed by atoms with E-state index in [1.807, 2.05) is 12.1 Å². The van der Waals surface area contributed by atoms with Gasteiger partial charge >= 0.3 is 0 Å². The van der Waals surface area contributed by atoms with Gasteiger partial charge in [0.1, 0.15) is 5.75 Å². The molecule has 0 saturated carbocycles. The summed E-state index contributed by atoms with van der Waals surface area (Å²) in [6, 6.07) is 8.64. The van der Waals surface area contributed by atoms with Gasteiger partial charge in [-0.15, -0.1) is 12.4 Å². The Kier molecular flexibility index (Phi) is 4.88. The number of halogens is 1. The molecular formula is C11H17ClN2O. The smallest absolute Gasteiger partial charge is 0.119 e. The number of methoxy groups -OCH3 is 1. The molecule has 1 aliphatic rings. The lowest BCUT2D eigenvalue weighted by Gasteiger charge is -2.25. The van der Waals surface area contributed by atoms with Gasteiger partial charge in [0.2, 0.25) is 0 Å². The molecule has 0 bridgehead atoms. The van der Waals surface area contributed by atoms with Crippen LogP contribution in [-0.4, -0.2) is 26.7 Å². The molecule has 84 valence electrons. The number of hydrogen-bond acceptors (Lipinski definition) is 3. The normalized spacial score (nSPS) is 20.5. The number of nitrogens with one attached hydrogen (secondary N) is 2. The molecule has 2 rings (SSSR count). The second kappa shape index (κ2) is 5.95. The van der Waals surface area contributed by atoms with Crippen molar-refractivity contribution in [1.29, 1.82) is 0 Å². The Labute approximate surface area is 96.6 Å². The van der Waals surface area contributed by atoms with Gasteiger partial charge < -0.3 is 15.4 Å². The van der Waals surface area contributed by atoms with E-state index in [0.717, 1.165) is 25.4 Å². The molecule has 1 aromatic rings. The number of rotatable bonds is 2. The van der Waals surface area contributed by atoms with Crippen LogP contribution >= 0.6 is 12.4 Å². The van der Waals surface area contributed by atoms with E-state index in [1.54, 1.807) is 7.11 Å². The summed E-state index contributed by atoms with van der Waals surface area (Å²) in [5.74, 6) is 0.926. The van der Waals surface area contributed by atoms with Gasteiger partial charge in [-0.05, 0) is 17.7 Å². The molecule has 1 saturated heterocycles. The van der Waals surface area contributed by atoms with Gasteiger partial charge in [-0.2, -0.15) is 0 Å². The van der Waals surface area contributed by atoms with Crippen LogP contribution in [0.15, 0.2) is 24.3 Å². The van der Waals surface area contributed by atoms with Gasteiger partial charge in [-0.3, -0.25) is 0 Å². The summed E-state index contributed by atoms with van der Waals surface area (Å²) in [7, 11) is 1.70. The molecule has 1 fully saturated rings. The minimum atomic E-state index is 0. The topological polar surface area (TPSA) is 33.3 Å². The fourth-order valence-electron chi connectivity index (χ4n) is 1.75. The van der Waals surface area contributed by atoms with Gasteiger partial charge in [0.05, 0.1) is 7.11 Å². The molecule has 3 nitrogen and oxygen atoms in total. The molecule has 0 aliphatic carbocycles. The Morgan fingerprint density at radius 1 is 1.33 bits per heavy atom. The summed E-state index contributed by atoms with van der Waals surface area (Å²) in [5, 5.41) is 6.84. The van der Waals surface area contributed by atoms with Gasteiger partial charge in [-0.25, -0.2) is 0 Å². The van der Waals surface area contributed by atoms with Gasteiger partial charge in [-0.1, -0.05) is 12.1 Å². The Balaban J connectivity index is 0.00000112. The van der Waals surface area contributed by atoms with Crippen LogP contribution in [0.3, 0.4) is 0 Å². The lowest BCUT2D eigenvalue weighted by Crippen LogP contribution is -2.42. The van der Waals surface area contributed by atoms with Crippen molar-refractivity contribution in [1.82, 2.24) is 10.6 Å². The van der Waals surface area contributed by atoms with Crippen LogP contribution in [-0.2, 0) is 0 Å². The zero-order chi connectivity index (χ0) is 9.80.